The van der Waals surface area contributed by atoms with Gasteiger partial charge in [0, 0.05) is 39.4 Å². The second kappa shape index (κ2) is 7.57. The van der Waals surface area contributed by atoms with Gasteiger partial charge in [0.2, 0.25) is 0 Å². The van der Waals surface area contributed by atoms with Crippen molar-refractivity contribution in [2.75, 3.05) is 19.6 Å². The van der Waals surface area contributed by atoms with Crippen LogP contribution in [0.1, 0.15) is 11.3 Å². The van der Waals surface area contributed by atoms with Gasteiger partial charge < -0.3 is 10.1 Å². The Hall–Kier alpha value is -1.77. The molecule has 1 aliphatic carbocycles. The fraction of sp³-hybridized carbons (Fsp3) is 0.526. The summed E-state index contributed by atoms with van der Waals surface area (Å²) in [5.74, 6) is 1.80. The molecule has 0 bridgehead atoms. The van der Waals surface area contributed by atoms with Crippen LogP contribution < -0.4 is 10.1 Å². The molecule has 2 heterocycles. The third kappa shape index (κ3) is 4.61. The van der Waals surface area contributed by atoms with Crippen LogP contribution >= 0.6 is 11.6 Å². The monoisotopic (exact) mass is 414 g/mol. The van der Waals surface area contributed by atoms with E-state index in [0.717, 1.165) is 37.4 Å². The fourth-order valence-electron chi connectivity index (χ4n) is 4.23. The van der Waals surface area contributed by atoms with Crippen LogP contribution in [0.15, 0.2) is 30.5 Å². The second-order valence-electron chi connectivity index (χ2n) is 7.61. The van der Waals surface area contributed by atoms with Crippen LogP contribution in [0.25, 0.3) is 0 Å². The first-order valence-corrected chi connectivity index (χ1v) is 9.62. The zero-order valence-electron chi connectivity index (χ0n) is 15.4. The lowest BCUT2D eigenvalue weighted by atomic mass is 10.2. The summed E-state index contributed by atoms with van der Waals surface area (Å²) in [6, 6.07) is 6.10. The maximum atomic E-state index is 12.3. The Morgan fingerprint density at radius 3 is 2.68 bits per heavy atom. The minimum Gasteiger partial charge on any atom is -0.406 e. The van der Waals surface area contributed by atoms with E-state index in [0.29, 0.717) is 29.3 Å². The Bertz CT molecular complexity index is 829. The SMILES string of the molecule is Cn1cc(Cl)c(CN2CC3C(CNCc4cccc(OC(F)(F)F)c4)C3C2)n1. The van der Waals surface area contributed by atoms with E-state index in [1.807, 2.05) is 13.2 Å². The summed E-state index contributed by atoms with van der Waals surface area (Å²) < 4.78 is 42.6. The molecule has 2 unspecified atom stereocenters. The average molecular weight is 415 g/mol. The first-order chi connectivity index (χ1) is 13.3. The zero-order valence-corrected chi connectivity index (χ0v) is 16.2. The summed E-state index contributed by atoms with van der Waals surface area (Å²) in [6.45, 7) is 4.26. The van der Waals surface area contributed by atoms with Crippen LogP contribution in [0.3, 0.4) is 0 Å². The number of hydrogen-bond donors (Lipinski definition) is 1. The van der Waals surface area contributed by atoms with E-state index in [9.17, 15) is 13.2 Å². The zero-order chi connectivity index (χ0) is 19.9. The van der Waals surface area contributed by atoms with Gasteiger partial charge in [-0.1, -0.05) is 23.7 Å². The molecule has 0 amide bonds. The second-order valence-corrected chi connectivity index (χ2v) is 8.02. The minimum absolute atomic E-state index is 0.182. The smallest absolute Gasteiger partial charge is 0.406 e. The summed E-state index contributed by atoms with van der Waals surface area (Å²) in [6.07, 6.45) is -2.85. The Kier molecular flexibility index (Phi) is 5.28. The molecule has 0 spiro atoms. The molecule has 1 saturated heterocycles. The molecule has 5 nitrogen and oxygen atoms in total. The summed E-state index contributed by atoms with van der Waals surface area (Å²) in [5.41, 5.74) is 1.69. The number of halogens is 4. The number of alkyl halides is 3. The summed E-state index contributed by atoms with van der Waals surface area (Å²) in [7, 11) is 1.86. The first-order valence-electron chi connectivity index (χ1n) is 9.24. The quantitative estimate of drug-likeness (QED) is 0.753. The predicted molar refractivity (Wildman–Crippen MR) is 98.8 cm³/mol. The molecule has 2 aliphatic rings. The number of fused-ring (bicyclic) bond motifs is 1. The van der Waals surface area contributed by atoms with Gasteiger partial charge in [-0.25, -0.2) is 0 Å². The van der Waals surface area contributed by atoms with E-state index in [-0.39, 0.29) is 5.75 Å². The van der Waals surface area contributed by atoms with Gasteiger partial charge in [-0.15, -0.1) is 13.2 Å². The number of benzene rings is 1. The lowest BCUT2D eigenvalue weighted by Gasteiger charge is -2.18. The van der Waals surface area contributed by atoms with Crippen molar-refractivity contribution < 1.29 is 17.9 Å². The number of piperidine rings is 1. The number of aromatic nitrogens is 2. The van der Waals surface area contributed by atoms with Gasteiger partial charge in [-0.05, 0) is 42.0 Å². The molecule has 2 aromatic rings. The van der Waals surface area contributed by atoms with E-state index in [1.165, 1.54) is 12.1 Å². The highest BCUT2D eigenvalue weighted by Gasteiger charge is 2.54. The highest BCUT2D eigenvalue weighted by molar-refractivity contribution is 6.31. The molecule has 4 rings (SSSR count). The lowest BCUT2D eigenvalue weighted by Crippen LogP contribution is -2.27. The number of ether oxygens (including phenoxy) is 1. The number of rotatable bonds is 7. The van der Waals surface area contributed by atoms with Crippen molar-refractivity contribution in [1.82, 2.24) is 20.0 Å². The molecule has 9 heteroatoms. The number of aryl methyl sites for hydroxylation is 1. The molecule has 1 aromatic heterocycles. The molecule has 2 fully saturated rings. The largest absolute Gasteiger partial charge is 0.573 e. The Labute approximate surface area is 166 Å². The van der Waals surface area contributed by atoms with Crippen LogP contribution in [0.5, 0.6) is 5.75 Å². The third-order valence-electron chi connectivity index (χ3n) is 5.52. The molecule has 0 radical (unpaired) electrons. The van der Waals surface area contributed by atoms with Crippen molar-refractivity contribution in [2.45, 2.75) is 19.5 Å². The standard InChI is InChI=1S/C19H22ClF3N4O/c1-26-10-17(20)18(25-26)11-27-8-15-14(16(15)9-27)7-24-6-12-3-2-4-13(5-12)28-19(21,22)23/h2-5,10,14-16,24H,6-9,11H2,1H3. The maximum absolute atomic E-state index is 12.3. The van der Waals surface area contributed by atoms with Gasteiger partial charge in [0.05, 0.1) is 10.7 Å². The van der Waals surface area contributed by atoms with E-state index >= 15 is 0 Å². The molecule has 1 aromatic carbocycles. The third-order valence-corrected chi connectivity index (χ3v) is 5.83. The lowest BCUT2D eigenvalue weighted by molar-refractivity contribution is -0.274. The minimum atomic E-state index is -4.66. The molecule has 1 N–H and O–H groups in total. The van der Waals surface area contributed by atoms with Gasteiger partial charge in [-0.2, -0.15) is 5.10 Å². The predicted octanol–water partition coefficient (Wildman–Crippen LogP) is 3.44. The van der Waals surface area contributed by atoms with E-state index in [4.69, 9.17) is 11.6 Å². The molecule has 2 atom stereocenters. The van der Waals surface area contributed by atoms with Crippen LogP contribution in [0.4, 0.5) is 13.2 Å². The van der Waals surface area contributed by atoms with Crippen molar-refractivity contribution in [2.24, 2.45) is 24.8 Å². The molecule has 28 heavy (non-hydrogen) atoms. The van der Waals surface area contributed by atoms with Crippen LogP contribution in [-0.4, -0.2) is 40.7 Å². The maximum Gasteiger partial charge on any atom is 0.573 e. The van der Waals surface area contributed by atoms with E-state index in [2.05, 4.69) is 20.1 Å². The average Bonchev–Trinajstić information content (AvgIpc) is 2.91. The van der Waals surface area contributed by atoms with Crippen molar-refractivity contribution in [1.29, 1.82) is 0 Å². The van der Waals surface area contributed by atoms with Gasteiger partial charge in [-0.3, -0.25) is 9.58 Å². The van der Waals surface area contributed by atoms with Gasteiger partial charge in [0.1, 0.15) is 5.75 Å². The molecular formula is C19H22ClF3N4O. The van der Waals surface area contributed by atoms with Gasteiger partial charge >= 0.3 is 6.36 Å². The van der Waals surface area contributed by atoms with Crippen LogP contribution in [0, 0.1) is 17.8 Å². The van der Waals surface area contributed by atoms with Crippen molar-refractivity contribution in [3.8, 4) is 5.75 Å². The van der Waals surface area contributed by atoms with E-state index in [1.54, 1.807) is 16.8 Å². The van der Waals surface area contributed by atoms with Gasteiger partial charge in [0.15, 0.2) is 0 Å². The summed E-state index contributed by atoms with van der Waals surface area (Å²) in [4.78, 5) is 2.39. The molecular weight excluding hydrogens is 393 g/mol. The number of nitrogens with one attached hydrogen (secondary N) is 1. The highest BCUT2D eigenvalue weighted by Crippen LogP contribution is 2.51. The summed E-state index contributed by atoms with van der Waals surface area (Å²) >= 11 is 6.18. The van der Waals surface area contributed by atoms with Gasteiger partial charge in [0.25, 0.3) is 0 Å². The molecule has 1 saturated carbocycles. The van der Waals surface area contributed by atoms with Crippen LogP contribution in [-0.2, 0) is 20.1 Å². The highest BCUT2D eigenvalue weighted by atomic mass is 35.5. The van der Waals surface area contributed by atoms with Crippen molar-refractivity contribution in [3.63, 3.8) is 0 Å². The molecule has 1 aliphatic heterocycles. The first kappa shape index (κ1) is 19.5. The van der Waals surface area contributed by atoms with Crippen molar-refractivity contribution in [3.05, 3.63) is 46.7 Å². The Morgan fingerprint density at radius 2 is 2.04 bits per heavy atom. The van der Waals surface area contributed by atoms with Crippen molar-refractivity contribution >= 4 is 11.6 Å². The summed E-state index contributed by atoms with van der Waals surface area (Å²) in [5, 5.41) is 8.47. The number of nitrogens with zero attached hydrogens (tertiary/aromatic N) is 3. The fourth-order valence-corrected chi connectivity index (χ4v) is 4.47. The number of likely N-dealkylation sites (tertiary alicyclic amines) is 1. The Morgan fingerprint density at radius 1 is 1.29 bits per heavy atom. The topological polar surface area (TPSA) is 42.3 Å². The van der Waals surface area contributed by atoms with Crippen LogP contribution in [0.2, 0.25) is 5.02 Å². The number of hydrogen-bond acceptors (Lipinski definition) is 4. The molecule has 152 valence electrons. The van der Waals surface area contributed by atoms with E-state index < -0.39 is 6.36 Å². The Balaban J connectivity index is 1.19. The normalized spacial score (nSPS) is 24.4.